The maximum atomic E-state index is 11.5. The quantitative estimate of drug-likeness (QED) is 0.743. The van der Waals surface area contributed by atoms with E-state index in [-0.39, 0.29) is 11.9 Å². The van der Waals surface area contributed by atoms with Crippen LogP contribution in [0.25, 0.3) is 0 Å². The molecule has 0 fully saturated rings. The van der Waals surface area contributed by atoms with Crippen LogP contribution in [0.1, 0.15) is 12.5 Å². The van der Waals surface area contributed by atoms with E-state index in [2.05, 4.69) is 26.6 Å². The summed E-state index contributed by atoms with van der Waals surface area (Å²) in [6, 6.07) is 5.72. The fraction of sp³-hybridized carbons (Fsp3) is 0.300. The molecule has 1 heterocycles. The van der Waals surface area contributed by atoms with Crippen LogP contribution in [0, 0.1) is 0 Å². The Morgan fingerprint density at radius 2 is 2.29 bits per heavy atom. The number of nitrogens with one attached hydrogen (secondary N) is 2. The monoisotopic (exact) mass is 254 g/mol. The number of carbonyl (C=O) groups is 1. The highest BCUT2D eigenvalue weighted by Crippen LogP contribution is 2.22. The molecule has 4 heteroatoms. The second-order valence-corrected chi connectivity index (χ2v) is 4.31. The average Bonchev–Trinajstić information content (AvgIpc) is 2.29. The maximum absolute atomic E-state index is 11.5. The van der Waals surface area contributed by atoms with Crippen molar-refractivity contribution < 1.29 is 4.79 Å². The maximum Gasteiger partial charge on any atom is 0.241 e. The molecule has 74 valence electrons. The first-order valence-corrected chi connectivity index (χ1v) is 5.29. The van der Waals surface area contributed by atoms with Gasteiger partial charge in [0.15, 0.2) is 0 Å². The molecule has 0 saturated carbocycles. The third kappa shape index (κ3) is 1.81. The summed E-state index contributed by atoms with van der Waals surface area (Å²) in [6.45, 7) is 2.57. The summed E-state index contributed by atoms with van der Waals surface area (Å²) in [4.78, 5) is 11.5. The Morgan fingerprint density at radius 3 is 3.07 bits per heavy atom. The molecule has 0 aliphatic carbocycles. The molecule has 2 N–H and O–H groups in total. The number of anilines is 1. The van der Waals surface area contributed by atoms with E-state index < -0.39 is 0 Å². The summed E-state index contributed by atoms with van der Waals surface area (Å²) >= 11 is 3.41. The third-order valence-electron chi connectivity index (χ3n) is 2.32. The summed E-state index contributed by atoms with van der Waals surface area (Å²) < 4.78 is 1.03. The Morgan fingerprint density at radius 1 is 1.50 bits per heavy atom. The van der Waals surface area contributed by atoms with E-state index in [0.717, 1.165) is 15.7 Å². The van der Waals surface area contributed by atoms with Crippen molar-refractivity contribution in [2.24, 2.45) is 0 Å². The topological polar surface area (TPSA) is 41.1 Å². The molecule has 14 heavy (non-hydrogen) atoms. The fourth-order valence-corrected chi connectivity index (χ4v) is 1.84. The molecule has 1 atom stereocenters. The van der Waals surface area contributed by atoms with E-state index in [0.29, 0.717) is 6.54 Å². The second kappa shape index (κ2) is 3.71. The molecule has 0 radical (unpaired) electrons. The van der Waals surface area contributed by atoms with Crippen molar-refractivity contribution in [2.45, 2.75) is 19.5 Å². The van der Waals surface area contributed by atoms with E-state index in [1.165, 1.54) is 0 Å². The lowest BCUT2D eigenvalue weighted by Gasteiger charge is -2.06. The fourth-order valence-electron chi connectivity index (χ4n) is 1.43. The van der Waals surface area contributed by atoms with Crippen LogP contribution in [0.3, 0.4) is 0 Å². The highest BCUT2D eigenvalue weighted by atomic mass is 79.9. The molecule has 0 spiro atoms. The Kier molecular flexibility index (Phi) is 2.56. The number of amides is 1. The molecule has 1 aliphatic heterocycles. The Bertz CT molecular complexity index is 378. The van der Waals surface area contributed by atoms with Crippen molar-refractivity contribution in [3.8, 4) is 0 Å². The smallest absolute Gasteiger partial charge is 0.241 e. The lowest BCUT2D eigenvalue weighted by Crippen LogP contribution is -2.34. The van der Waals surface area contributed by atoms with Crippen LogP contribution in [0.15, 0.2) is 22.7 Å². The number of hydrogen-bond acceptors (Lipinski definition) is 2. The normalized spacial score (nSPS) is 21.0. The minimum Gasteiger partial charge on any atom is -0.324 e. The second-order valence-electron chi connectivity index (χ2n) is 3.39. The van der Waals surface area contributed by atoms with Crippen LogP contribution in [0.4, 0.5) is 5.69 Å². The molecule has 1 unspecified atom stereocenters. The minimum absolute atomic E-state index is 0.0195. The van der Waals surface area contributed by atoms with Crippen molar-refractivity contribution in [1.29, 1.82) is 0 Å². The number of rotatable bonds is 0. The highest BCUT2D eigenvalue weighted by molar-refractivity contribution is 9.10. The van der Waals surface area contributed by atoms with Crippen LogP contribution in [-0.2, 0) is 11.3 Å². The summed E-state index contributed by atoms with van der Waals surface area (Å²) in [5.74, 6) is 0.0195. The first-order valence-electron chi connectivity index (χ1n) is 4.49. The van der Waals surface area contributed by atoms with Gasteiger partial charge in [0, 0.05) is 16.7 Å². The largest absolute Gasteiger partial charge is 0.324 e. The Hall–Kier alpha value is -0.870. The van der Waals surface area contributed by atoms with Gasteiger partial charge in [0.2, 0.25) is 5.91 Å². The van der Waals surface area contributed by atoms with Crippen LogP contribution in [0.2, 0.25) is 0 Å². The molecule has 1 amide bonds. The van der Waals surface area contributed by atoms with E-state index in [4.69, 9.17) is 0 Å². The molecular weight excluding hydrogens is 244 g/mol. The van der Waals surface area contributed by atoms with Gasteiger partial charge < -0.3 is 10.6 Å². The standard InChI is InChI=1S/C10H11BrN2O/c1-6-10(14)13-9-3-2-8(11)4-7(9)5-12-6/h2-4,6,12H,5H2,1H3,(H,13,14). The number of benzene rings is 1. The zero-order chi connectivity index (χ0) is 10.1. The van der Waals surface area contributed by atoms with Gasteiger partial charge in [-0.25, -0.2) is 0 Å². The molecule has 3 nitrogen and oxygen atoms in total. The van der Waals surface area contributed by atoms with Gasteiger partial charge in [-0.3, -0.25) is 4.79 Å². The molecular formula is C10H11BrN2O. The van der Waals surface area contributed by atoms with E-state index in [1.54, 1.807) is 0 Å². The average molecular weight is 255 g/mol. The van der Waals surface area contributed by atoms with Crippen LogP contribution in [0.5, 0.6) is 0 Å². The predicted molar refractivity (Wildman–Crippen MR) is 59.1 cm³/mol. The van der Waals surface area contributed by atoms with Crippen molar-refractivity contribution >= 4 is 27.5 Å². The molecule has 0 aromatic heterocycles. The molecule has 1 aromatic rings. The first-order chi connectivity index (χ1) is 6.66. The van der Waals surface area contributed by atoms with E-state index in [9.17, 15) is 4.79 Å². The SMILES string of the molecule is CC1NCc2cc(Br)ccc2NC1=O. The highest BCUT2D eigenvalue weighted by Gasteiger charge is 2.18. The van der Waals surface area contributed by atoms with Crippen molar-refractivity contribution in [3.05, 3.63) is 28.2 Å². The molecule has 2 rings (SSSR count). The third-order valence-corrected chi connectivity index (χ3v) is 2.81. The summed E-state index contributed by atoms with van der Waals surface area (Å²) in [5, 5.41) is 6.02. The zero-order valence-corrected chi connectivity index (χ0v) is 9.39. The van der Waals surface area contributed by atoms with Crippen LogP contribution < -0.4 is 10.6 Å². The van der Waals surface area contributed by atoms with Gasteiger partial charge in [0.1, 0.15) is 0 Å². The van der Waals surface area contributed by atoms with Crippen molar-refractivity contribution in [2.75, 3.05) is 5.32 Å². The van der Waals surface area contributed by atoms with Gasteiger partial charge in [0.25, 0.3) is 0 Å². The lowest BCUT2D eigenvalue weighted by atomic mass is 10.2. The molecule has 0 bridgehead atoms. The van der Waals surface area contributed by atoms with E-state index >= 15 is 0 Å². The Labute approximate surface area is 91.0 Å². The zero-order valence-electron chi connectivity index (χ0n) is 7.80. The summed E-state index contributed by atoms with van der Waals surface area (Å²) in [6.07, 6.45) is 0. The Balaban J connectivity index is 2.37. The number of fused-ring (bicyclic) bond motifs is 1. The summed E-state index contributed by atoms with van der Waals surface area (Å²) in [7, 11) is 0. The number of carbonyl (C=O) groups excluding carboxylic acids is 1. The van der Waals surface area contributed by atoms with Gasteiger partial charge >= 0.3 is 0 Å². The molecule has 0 saturated heterocycles. The van der Waals surface area contributed by atoms with Gasteiger partial charge in [-0.1, -0.05) is 15.9 Å². The molecule has 1 aliphatic rings. The van der Waals surface area contributed by atoms with Crippen molar-refractivity contribution in [1.82, 2.24) is 5.32 Å². The van der Waals surface area contributed by atoms with Gasteiger partial charge in [-0.05, 0) is 30.7 Å². The predicted octanol–water partition coefficient (Wildman–Crippen LogP) is 1.88. The van der Waals surface area contributed by atoms with Gasteiger partial charge in [-0.15, -0.1) is 0 Å². The lowest BCUT2D eigenvalue weighted by molar-refractivity contribution is -0.117. The molecule has 1 aromatic carbocycles. The van der Waals surface area contributed by atoms with Crippen LogP contribution in [-0.4, -0.2) is 11.9 Å². The number of halogens is 1. The van der Waals surface area contributed by atoms with E-state index in [1.807, 2.05) is 25.1 Å². The van der Waals surface area contributed by atoms with Gasteiger partial charge in [0.05, 0.1) is 6.04 Å². The van der Waals surface area contributed by atoms with Gasteiger partial charge in [-0.2, -0.15) is 0 Å². The first kappa shape index (κ1) is 9.68. The summed E-state index contributed by atoms with van der Waals surface area (Å²) in [5.41, 5.74) is 2.01. The van der Waals surface area contributed by atoms with Crippen LogP contribution >= 0.6 is 15.9 Å². The van der Waals surface area contributed by atoms with Crippen molar-refractivity contribution in [3.63, 3.8) is 0 Å². The minimum atomic E-state index is -0.138. The number of hydrogen-bond donors (Lipinski definition) is 2.